The molecule has 17 heavy (non-hydrogen) atoms. The molecule has 4 nitrogen and oxygen atoms in total. The maximum atomic E-state index is 6.18. The number of nitrogens with one attached hydrogen (secondary N) is 1. The Morgan fingerprint density at radius 1 is 1.47 bits per heavy atom. The Morgan fingerprint density at radius 2 is 2.18 bits per heavy atom. The summed E-state index contributed by atoms with van der Waals surface area (Å²) in [5, 5.41) is 4.84. The van der Waals surface area contributed by atoms with Gasteiger partial charge in [-0.2, -0.15) is 5.10 Å². The van der Waals surface area contributed by atoms with Crippen LogP contribution < -0.4 is 11.3 Å². The molecule has 1 aromatic heterocycles. The van der Waals surface area contributed by atoms with Crippen LogP contribution in [0.15, 0.2) is 34.9 Å². The fourth-order valence-corrected chi connectivity index (χ4v) is 2.59. The van der Waals surface area contributed by atoms with Gasteiger partial charge in [-0.05, 0) is 27.6 Å². The van der Waals surface area contributed by atoms with Gasteiger partial charge in [-0.3, -0.25) is 10.5 Å². The second kappa shape index (κ2) is 5.18. The molecule has 0 saturated carbocycles. The molecular formula is C11H12BrClN4. The Bertz CT molecular complexity index is 506. The van der Waals surface area contributed by atoms with Crippen LogP contribution >= 0.6 is 27.5 Å². The Kier molecular flexibility index (Phi) is 3.83. The van der Waals surface area contributed by atoms with E-state index in [2.05, 4.69) is 26.5 Å². The summed E-state index contributed by atoms with van der Waals surface area (Å²) in [5.41, 5.74) is 4.62. The molecular weight excluding hydrogens is 304 g/mol. The van der Waals surface area contributed by atoms with Crippen molar-refractivity contribution in [3.8, 4) is 0 Å². The van der Waals surface area contributed by atoms with E-state index >= 15 is 0 Å². The molecule has 1 unspecified atom stereocenters. The number of hydrazine groups is 1. The van der Waals surface area contributed by atoms with Crippen LogP contribution in [0, 0.1) is 0 Å². The molecule has 1 aromatic carbocycles. The number of rotatable bonds is 3. The lowest BCUT2D eigenvalue weighted by Gasteiger charge is -2.18. The molecule has 0 bridgehead atoms. The average Bonchev–Trinajstić information content (AvgIpc) is 2.64. The molecule has 0 aliphatic rings. The zero-order valence-corrected chi connectivity index (χ0v) is 11.5. The van der Waals surface area contributed by atoms with E-state index in [0.717, 1.165) is 15.7 Å². The molecule has 2 rings (SSSR count). The van der Waals surface area contributed by atoms with Gasteiger partial charge in [0.2, 0.25) is 0 Å². The molecule has 0 aliphatic carbocycles. The first-order valence-electron chi connectivity index (χ1n) is 5.03. The van der Waals surface area contributed by atoms with Gasteiger partial charge in [0.05, 0.1) is 22.4 Å². The van der Waals surface area contributed by atoms with Crippen LogP contribution in [0.1, 0.15) is 17.3 Å². The average molecular weight is 316 g/mol. The molecule has 0 radical (unpaired) electrons. The third-order valence-electron chi connectivity index (χ3n) is 2.59. The zero-order chi connectivity index (χ0) is 12.4. The normalized spacial score (nSPS) is 12.7. The number of hydrogen-bond donors (Lipinski definition) is 2. The highest BCUT2D eigenvalue weighted by atomic mass is 79.9. The van der Waals surface area contributed by atoms with Crippen LogP contribution in [0.5, 0.6) is 0 Å². The summed E-state index contributed by atoms with van der Waals surface area (Å²) >= 11 is 9.64. The van der Waals surface area contributed by atoms with Gasteiger partial charge < -0.3 is 0 Å². The molecule has 0 saturated heterocycles. The van der Waals surface area contributed by atoms with Gasteiger partial charge in [0, 0.05) is 12.1 Å². The van der Waals surface area contributed by atoms with Crippen molar-refractivity contribution in [2.75, 3.05) is 0 Å². The number of aromatic nitrogens is 2. The molecule has 90 valence electrons. The van der Waals surface area contributed by atoms with Gasteiger partial charge >= 0.3 is 0 Å². The largest absolute Gasteiger partial charge is 0.271 e. The third-order valence-corrected chi connectivity index (χ3v) is 3.55. The van der Waals surface area contributed by atoms with Crippen molar-refractivity contribution in [2.24, 2.45) is 12.9 Å². The predicted molar refractivity (Wildman–Crippen MR) is 71.5 cm³/mol. The molecule has 2 aromatic rings. The second-order valence-electron chi connectivity index (χ2n) is 3.62. The standard InChI is InChI=1S/C11H12BrClN4/c1-17-11(8(12)6-15-17)10(16-14)7-4-2-3-5-9(7)13/h2-6,10,16H,14H2,1H3. The summed E-state index contributed by atoms with van der Waals surface area (Å²) in [6, 6.07) is 7.39. The van der Waals surface area contributed by atoms with Gasteiger partial charge in [-0.15, -0.1) is 0 Å². The molecule has 1 heterocycles. The van der Waals surface area contributed by atoms with Crippen LogP contribution in [0.3, 0.4) is 0 Å². The van der Waals surface area contributed by atoms with Crippen LogP contribution in [0.2, 0.25) is 5.02 Å². The topological polar surface area (TPSA) is 55.9 Å². The van der Waals surface area contributed by atoms with E-state index in [1.807, 2.05) is 31.3 Å². The highest BCUT2D eigenvalue weighted by Crippen LogP contribution is 2.31. The van der Waals surface area contributed by atoms with Crippen molar-refractivity contribution in [3.05, 3.63) is 51.2 Å². The van der Waals surface area contributed by atoms with E-state index in [-0.39, 0.29) is 6.04 Å². The lowest BCUT2D eigenvalue weighted by atomic mass is 10.0. The van der Waals surface area contributed by atoms with Gasteiger partial charge in [0.15, 0.2) is 0 Å². The maximum Gasteiger partial charge on any atom is 0.0904 e. The number of nitrogens with zero attached hydrogens (tertiary/aromatic N) is 2. The summed E-state index contributed by atoms with van der Waals surface area (Å²) in [4.78, 5) is 0. The number of benzene rings is 1. The van der Waals surface area contributed by atoms with Crippen molar-refractivity contribution in [1.29, 1.82) is 0 Å². The summed E-state index contributed by atoms with van der Waals surface area (Å²) in [7, 11) is 1.86. The first-order valence-corrected chi connectivity index (χ1v) is 6.20. The molecule has 0 fully saturated rings. The van der Waals surface area contributed by atoms with Crippen molar-refractivity contribution in [1.82, 2.24) is 15.2 Å². The van der Waals surface area contributed by atoms with Crippen molar-refractivity contribution >= 4 is 27.5 Å². The Morgan fingerprint density at radius 3 is 2.71 bits per heavy atom. The number of halogens is 2. The van der Waals surface area contributed by atoms with Crippen molar-refractivity contribution in [3.63, 3.8) is 0 Å². The number of hydrogen-bond acceptors (Lipinski definition) is 3. The van der Waals surface area contributed by atoms with Crippen LogP contribution in [0.25, 0.3) is 0 Å². The first-order chi connectivity index (χ1) is 8.15. The van der Waals surface area contributed by atoms with Crippen molar-refractivity contribution in [2.45, 2.75) is 6.04 Å². The summed E-state index contributed by atoms with van der Waals surface area (Å²) < 4.78 is 2.65. The third kappa shape index (κ3) is 2.37. The smallest absolute Gasteiger partial charge is 0.0904 e. The van der Waals surface area contributed by atoms with E-state index < -0.39 is 0 Å². The van der Waals surface area contributed by atoms with Crippen LogP contribution in [-0.4, -0.2) is 9.78 Å². The molecule has 0 spiro atoms. The fourth-order valence-electron chi connectivity index (χ4n) is 1.77. The van der Waals surface area contributed by atoms with E-state index in [0.29, 0.717) is 5.02 Å². The zero-order valence-electron chi connectivity index (χ0n) is 9.19. The monoisotopic (exact) mass is 314 g/mol. The Balaban J connectivity index is 2.52. The van der Waals surface area contributed by atoms with Gasteiger partial charge in [-0.1, -0.05) is 29.8 Å². The van der Waals surface area contributed by atoms with E-state index in [1.165, 1.54) is 0 Å². The van der Waals surface area contributed by atoms with E-state index in [4.69, 9.17) is 17.4 Å². The highest BCUT2D eigenvalue weighted by Gasteiger charge is 2.21. The summed E-state index contributed by atoms with van der Waals surface area (Å²) in [6.07, 6.45) is 1.73. The minimum Gasteiger partial charge on any atom is -0.271 e. The molecule has 1 atom stereocenters. The highest BCUT2D eigenvalue weighted by molar-refractivity contribution is 9.10. The number of nitrogens with two attached hydrogens (primary N) is 1. The van der Waals surface area contributed by atoms with Gasteiger partial charge in [0.25, 0.3) is 0 Å². The van der Waals surface area contributed by atoms with Crippen LogP contribution in [-0.2, 0) is 7.05 Å². The SMILES string of the molecule is Cn1ncc(Br)c1C(NN)c1ccccc1Cl. The minimum atomic E-state index is -0.203. The predicted octanol–water partition coefficient (Wildman–Crippen LogP) is 2.39. The van der Waals surface area contributed by atoms with E-state index in [1.54, 1.807) is 10.9 Å². The Hall–Kier alpha value is -0.880. The Labute approximate surface area is 113 Å². The first kappa shape index (κ1) is 12.6. The molecule has 6 heteroatoms. The van der Waals surface area contributed by atoms with Gasteiger partial charge in [-0.25, -0.2) is 5.43 Å². The maximum absolute atomic E-state index is 6.18. The van der Waals surface area contributed by atoms with Gasteiger partial charge in [0.1, 0.15) is 0 Å². The van der Waals surface area contributed by atoms with E-state index in [9.17, 15) is 0 Å². The summed E-state index contributed by atoms with van der Waals surface area (Å²) in [5.74, 6) is 5.63. The summed E-state index contributed by atoms with van der Waals surface area (Å²) in [6.45, 7) is 0. The number of aryl methyl sites for hydroxylation is 1. The van der Waals surface area contributed by atoms with Crippen LogP contribution in [0.4, 0.5) is 0 Å². The minimum absolute atomic E-state index is 0.203. The van der Waals surface area contributed by atoms with Crippen molar-refractivity contribution < 1.29 is 0 Å². The fraction of sp³-hybridized carbons (Fsp3) is 0.182. The molecule has 0 amide bonds. The lowest BCUT2D eigenvalue weighted by molar-refractivity contribution is 0.573. The quantitative estimate of drug-likeness (QED) is 0.675. The second-order valence-corrected chi connectivity index (χ2v) is 4.88. The molecule has 0 aliphatic heterocycles. The molecule has 3 N–H and O–H groups in total. The lowest BCUT2D eigenvalue weighted by Crippen LogP contribution is -2.30.